The van der Waals surface area contributed by atoms with Gasteiger partial charge in [-0.3, -0.25) is 9.59 Å². The van der Waals surface area contributed by atoms with Gasteiger partial charge in [-0.25, -0.2) is 0 Å². The highest BCUT2D eigenvalue weighted by molar-refractivity contribution is 6.33. The molecule has 0 saturated carbocycles. The van der Waals surface area contributed by atoms with Crippen molar-refractivity contribution in [2.75, 3.05) is 39.4 Å². The van der Waals surface area contributed by atoms with Gasteiger partial charge >= 0.3 is 0 Å². The van der Waals surface area contributed by atoms with Crippen LogP contribution in [-0.4, -0.2) is 67.1 Å². The standard InChI is InChI=1S/C24H27ClN2O4/c25-22-10-2-1-9-21(22)24(29)27-12-5-11-26(13-14-27)23(28)18-6-3-7-19(16-18)31-17-20-8-4-15-30-20/h1-3,6-7,9-10,16,20H,4-5,8,11-15,17H2. The van der Waals surface area contributed by atoms with Crippen LogP contribution in [0.5, 0.6) is 5.75 Å². The maximum absolute atomic E-state index is 13.1. The summed E-state index contributed by atoms with van der Waals surface area (Å²) in [5.41, 5.74) is 1.09. The van der Waals surface area contributed by atoms with Gasteiger partial charge in [0.2, 0.25) is 0 Å². The number of halogens is 1. The van der Waals surface area contributed by atoms with Gasteiger partial charge in [0.1, 0.15) is 12.4 Å². The molecule has 0 spiro atoms. The lowest BCUT2D eigenvalue weighted by Gasteiger charge is -2.23. The summed E-state index contributed by atoms with van der Waals surface area (Å²) in [7, 11) is 0. The third-order valence-corrected chi connectivity index (χ3v) is 6.05. The Morgan fingerprint density at radius 2 is 1.74 bits per heavy atom. The number of benzene rings is 2. The zero-order valence-corrected chi connectivity index (χ0v) is 18.2. The molecule has 1 unspecified atom stereocenters. The van der Waals surface area contributed by atoms with Crippen molar-refractivity contribution in [3.05, 3.63) is 64.7 Å². The fraction of sp³-hybridized carbons (Fsp3) is 0.417. The zero-order chi connectivity index (χ0) is 21.6. The van der Waals surface area contributed by atoms with Gasteiger partial charge in [0, 0.05) is 38.3 Å². The van der Waals surface area contributed by atoms with Crippen LogP contribution in [0, 0.1) is 0 Å². The summed E-state index contributed by atoms with van der Waals surface area (Å²) in [5.74, 6) is 0.533. The number of rotatable bonds is 5. The largest absolute Gasteiger partial charge is 0.491 e. The second-order valence-electron chi connectivity index (χ2n) is 7.89. The molecule has 2 aliphatic heterocycles. The molecule has 2 aromatic carbocycles. The summed E-state index contributed by atoms with van der Waals surface area (Å²) in [5, 5.41) is 0.449. The fourth-order valence-electron chi connectivity index (χ4n) is 4.00. The molecule has 2 aliphatic rings. The van der Waals surface area contributed by atoms with Gasteiger partial charge in [-0.2, -0.15) is 0 Å². The molecule has 2 amide bonds. The quantitative estimate of drug-likeness (QED) is 0.705. The minimum absolute atomic E-state index is 0.0467. The number of hydrogen-bond acceptors (Lipinski definition) is 4. The minimum atomic E-state index is -0.0931. The Morgan fingerprint density at radius 3 is 2.48 bits per heavy atom. The van der Waals surface area contributed by atoms with Crippen LogP contribution in [0.3, 0.4) is 0 Å². The second-order valence-corrected chi connectivity index (χ2v) is 8.30. The first-order valence-electron chi connectivity index (χ1n) is 10.8. The third kappa shape index (κ3) is 5.38. The van der Waals surface area contributed by atoms with Crippen LogP contribution in [-0.2, 0) is 4.74 Å². The summed E-state index contributed by atoms with van der Waals surface area (Å²) < 4.78 is 11.4. The molecule has 0 aromatic heterocycles. The van der Waals surface area contributed by atoms with E-state index in [1.807, 2.05) is 12.1 Å². The van der Waals surface area contributed by atoms with E-state index >= 15 is 0 Å². The lowest BCUT2D eigenvalue weighted by atomic mass is 10.2. The van der Waals surface area contributed by atoms with E-state index in [9.17, 15) is 9.59 Å². The van der Waals surface area contributed by atoms with Crippen molar-refractivity contribution >= 4 is 23.4 Å². The van der Waals surface area contributed by atoms with Crippen LogP contribution >= 0.6 is 11.6 Å². The van der Waals surface area contributed by atoms with E-state index < -0.39 is 0 Å². The summed E-state index contributed by atoms with van der Waals surface area (Å²) in [4.78, 5) is 29.5. The first kappa shape index (κ1) is 21.7. The lowest BCUT2D eigenvalue weighted by molar-refractivity contribution is 0.0676. The summed E-state index contributed by atoms with van der Waals surface area (Å²) in [6, 6.07) is 14.4. The molecule has 1 atom stereocenters. The predicted octanol–water partition coefficient (Wildman–Crippen LogP) is 3.89. The Morgan fingerprint density at radius 1 is 0.968 bits per heavy atom. The molecule has 2 aromatic rings. The molecule has 6 nitrogen and oxygen atoms in total. The topological polar surface area (TPSA) is 59.1 Å². The number of carbonyl (C=O) groups is 2. The normalized spacial score (nSPS) is 19.2. The monoisotopic (exact) mass is 442 g/mol. The minimum Gasteiger partial charge on any atom is -0.491 e. The molecule has 31 heavy (non-hydrogen) atoms. The van der Waals surface area contributed by atoms with E-state index in [1.165, 1.54) is 0 Å². The molecule has 164 valence electrons. The van der Waals surface area contributed by atoms with E-state index in [4.69, 9.17) is 21.1 Å². The van der Waals surface area contributed by atoms with Gasteiger partial charge in [0.15, 0.2) is 0 Å². The fourth-order valence-corrected chi connectivity index (χ4v) is 4.21. The van der Waals surface area contributed by atoms with Crippen LogP contribution in [0.25, 0.3) is 0 Å². The van der Waals surface area contributed by atoms with E-state index in [1.54, 1.807) is 46.2 Å². The van der Waals surface area contributed by atoms with Crippen molar-refractivity contribution in [1.82, 2.24) is 9.80 Å². The van der Waals surface area contributed by atoms with E-state index in [-0.39, 0.29) is 17.9 Å². The van der Waals surface area contributed by atoms with Crippen molar-refractivity contribution in [3.8, 4) is 5.75 Å². The molecular formula is C24H27ClN2O4. The highest BCUT2D eigenvalue weighted by Crippen LogP contribution is 2.21. The Balaban J connectivity index is 1.36. The number of hydrogen-bond donors (Lipinski definition) is 0. The van der Waals surface area contributed by atoms with Gasteiger partial charge in [0.25, 0.3) is 11.8 Å². The highest BCUT2D eigenvalue weighted by atomic mass is 35.5. The Kier molecular flexibility index (Phi) is 7.10. The van der Waals surface area contributed by atoms with Crippen LogP contribution < -0.4 is 4.74 Å². The molecule has 0 aliphatic carbocycles. The summed E-state index contributed by atoms with van der Waals surface area (Å²) in [6.45, 7) is 3.45. The van der Waals surface area contributed by atoms with Gasteiger partial charge in [-0.15, -0.1) is 0 Å². The van der Waals surface area contributed by atoms with Gasteiger partial charge in [-0.05, 0) is 49.6 Å². The smallest absolute Gasteiger partial charge is 0.255 e. The van der Waals surface area contributed by atoms with Crippen molar-refractivity contribution in [2.24, 2.45) is 0 Å². The Bertz CT molecular complexity index is 929. The number of amides is 2. The second kappa shape index (κ2) is 10.2. The predicted molar refractivity (Wildman–Crippen MR) is 119 cm³/mol. The van der Waals surface area contributed by atoms with E-state index in [2.05, 4.69) is 0 Å². The molecule has 2 heterocycles. The number of nitrogens with zero attached hydrogens (tertiary/aromatic N) is 2. The van der Waals surface area contributed by atoms with Crippen LogP contribution in [0.4, 0.5) is 0 Å². The molecule has 2 fully saturated rings. The van der Waals surface area contributed by atoms with Crippen molar-refractivity contribution < 1.29 is 19.1 Å². The summed E-state index contributed by atoms with van der Waals surface area (Å²) >= 11 is 6.19. The van der Waals surface area contributed by atoms with Gasteiger partial charge < -0.3 is 19.3 Å². The highest BCUT2D eigenvalue weighted by Gasteiger charge is 2.25. The first-order valence-corrected chi connectivity index (χ1v) is 11.2. The van der Waals surface area contributed by atoms with E-state index in [0.29, 0.717) is 54.7 Å². The average Bonchev–Trinajstić information content (AvgIpc) is 3.20. The van der Waals surface area contributed by atoms with Gasteiger partial charge in [-0.1, -0.05) is 29.8 Å². The number of carbonyl (C=O) groups excluding carboxylic acids is 2. The van der Waals surface area contributed by atoms with Gasteiger partial charge in [0.05, 0.1) is 16.7 Å². The molecule has 4 rings (SSSR count). The molecular weight excluding hydrogens is 416 g/mol. The molecule has 7 heteroatoms. The van der Waals surface area contributed by atoms with Crippen molar-refractivity contribution in [3.63, 3.8) is 0 Å². The lowest BCUT2D eigenvalue weighted by Crippen LogP contribution is -2.37. The molecule has 0 radical (unpaired) electrons. The summed E-state index contributed by atoms with van der Waals surface area (Å²) in [6.07, 6.45) is 2.93. The molecule has 0 N–H and O–H groups in total. The Labute approximate surface area is 187 Å². The average molecular weight is 443 g/mol. The maximum Gasteiger partial charge on any atom is 0.255 e. The Hall–Kier alpha value is -2.57. The SMILES string of the molecule is O=C(c1cccc(OCC2CCCO2)c1)N1CCCN(C(=O)c2ccccc2Cl)CC1. The van der Waals surface area contributed by atoms with Crippen LogP contribution in [0.2, 0.25) is 5.02 Å². The van der Waals surface area contributed by atoms with Crippen molar-refractivity contribution in [1.29, 1.82) is 0 Å². The van der Waals surface area contributed by atoms with Crippen molar-refractivity contribution in [2.45, 2.75) is 25.4 Å². The number of ether oxygens (including phenoxy) is 2. The van der Waals surface area contributed by atoms with Crippen LogP contribution in [0.15, 0.2) is 48.5 Å². The third-order valence-electron chi connectivity index (χ3n) is 5.72. The molecule has 0 bridgehead atoms. The van der Waals surface area contributed by atoms with Crippen LogP contribution in [0.1, 0.15) is 40.0 Å². The zero-order valence-electron chi connectivity index (χ0n) is 17.5. The molecule has 2 saturated heterocycles. The first-order chi connectivity index (χ1) is 15.1. The van der Waals surface area contributed by atoms with E-state index in [0.717, 1.165) is 25.9 Å². The maximum atomic E-state index is 13.1.